The van der Waals surface area contributed by atoms with Crippen LogP contribution in [0.2, 0.25) is 0 Å². The highest BCUT2D eigenvalue weighted by Crippen LogP contribution is 2.17. The van der Waals surface area contributed by atoms with Crippen LogP contribution < -0.4 is 10.0 Å². The quantitative estimate of drug-likeness (QED) is 0.677. The van der Waals surface area contributed by atoms with Gasteiger partial charge in [0.05, 0.1) is 24.1 Å². The molecule has 0 spiro atoms. The Hall–Kier alpha value is -1.71. The Bertz CT molecular complexity index is 648. The van der Waals surface area contributed by atoms with Crippen LogP contribution in [0.3, 0.4) is 0 Å². The van der Waals surface area contributed by atoms with Crippen molar-refractivity contribution in [3.05, 3.63) is 29.4 Å². The van der Waals surface area contributed by atoms with Crippen molar-refractivity contribution in [2.45, 2.75) is 31.8 Å². The van der Waals surface area contributed by atoms with Gasteiger partial charge in [0.2, 0.25) is 10.0 Å². The lowest BCUT2D eigenvalue weighted by molar-refractivity contribution is 0.380. The SMILES string of the molecule is CCNCc1n[nH]c(C)c1S(=O)(=O)NCc1ccno1. The first kappa shape index (κ1) is 14.7. The van der Waals surface area contributed by atoms with Crippen molar-refractivity contribution < 1.29 is 12.9 Å². The predicted molar refractivity (Wildman–Crippen MR) is 71.2 cm³/mol. The van der Waals surface area contributed by atoms with E-state index in [9.17, 15) is 8.42 Å². The van der Waals surface area contributed by atoms with Gasteiger partial charge in [-0.3, -0.25) is 5.10 Å². The summed E-state index contributed by atoms with van der Waals surface area (Å²) in [7, 11) is -3.66. The number of hydrogen-bond donors (Lipinski definition) is 3. The molecule has 0 aliphatic carbocycles. The van der Waals surface area contributed by atoms with Crippen molar-refractivity contribution in [2.24, 2.45) is 0 Å². The van der Waals surface area contributed by atoms with Gasteiger partial charge in [-0.2, -0.15) is 5.10 Å². The van der Waals surface area contributed by atoms with Crippen molar-refractivity contribution in [1.29, 1.82) is 0 Å². The van der Waals surface area contributed by atoms with E-state index < -0.39 is 10.0 Å². The van der Waals surface area contributed by atoms with E-state index in [4.69, 9.17) is 4.52 Å². The minimum absolute atomic E-state index is 0.0492. The summed E-state index contributed by atoms with van der Waals surface area (Å²) in [5.41, 5.74) is 0.970. The molecule has 2 aromatic rings. The number of H-pyrrole nitrogens is 1. The average molecular weight is 299 g/mol. The van der Waals surface area contributed by atoms with Crippen LogP contribution in [0.1, 0.15) is 24.1 Å². The maximum Gasteiger partial charge on any atom is 0.244 e. The molecule has 0 atom stereocenters. The molecule has 0 amide bonds. The number of aromatic nitrogens is 3. The summed E-state index contributed by atoms with van der Waals surface area (Å²) >= 11 is 0. The Morgan fingerprint density at radius 1 is 1.40 bits per heavy atom. The summed E-state index contributed by atoms with van der Waals surface area (Å²) in [4.78, 5) is 0.179. The zero-order chi connectivity index (χ0) is 14.6. The van der Waals surface area contributed by atoms with Gasteiger partial charge in [0.25, 0.3) is 0 Å². The minimum Gasteiger partial charge on any atom is -0.360 e. The van der Waals surface area contributed by atoms with Gasteiger partial charge in [0.15, 0.2) is 5.76 Å². The van der Waals surface area contributed by atoms with Crippen molar-refractivity contribution in [3.63, 3.8) is 0 Å². The highest BCUT2D eigenvalue weighted by Gasteiger charge is 2.24. The molecule has 2 heterocycles. The van der Waals surface area contributed by atoms with E-state index in [1.54, 1.807) is 13.0 Å². The zero-order valence-electron chi connectivity index (χ0n) is 11.3. The summed E-state index contributed by atoms with van der Waals surface area (Å²) < 4.78 is 32.0. The summed E-state index contributed by atoms with van der Waals surface area (Å²) in [6, 6.07) is 1.60. The van der Waals surface area contributed by atoms with E-state index in [1.807, 2.05) is 6.92 Å². The standard InChI is InChI=1S/C11H17N5O3S/c1-3-12-7-10-11(8(2)15-16-10)20(17,18)14-6-9-4-5-13-19-9/h4-5,12,14H,3,6-7H2,1-2H3,(H,15,16). The first-order chi connectivity index (χ1) is 9.54. The van der Waals surface area contributed by atoms with Gasteiger partial charge >= 0.3 is 0 Å². The molecule has 0 radical (unpaired) electrons. The normalized spacial score (nSPS) is 11.9. The molecule has 2 aromatic heterocycles. The molecular formula is C11H17N5O3S. The topological polar surface area (TPSA) is 113 Å². The number of aromatic amines is 1. The number of aryl methyl sites for hydroxylation is 1. The fourth-order valence-electron chi connectivity index (χ4n) is 1.76. The Labute approximate surface area is 117 Å². The van der Waals surface area contributed by atoms with Crippen LogP contribution in [0.5, 0.6) is 0 Å². The smallest absolute Gasteiger partial charge is 0.244 e. The molecule has 0 unspecified atom stereocenters. The maximum absolute atomic E-state index is 12.3. The van der Waals surface area contributed by atoms with Gasteiger partial charge < -0.3 is 9.84 Å². The summed E-state index contributed by atoms with van der Waals surface area (Å²) in [6.07, 6.45) is 1.46. The van der Waals surface area contributed by atoms with Gasteiger partial charge in [-0.05, 0) is 13.5 Å². The van der Waals surface area contributed by atoms with E-state index in [-0.39, 0.29) is 11.4 Å². The Balaban J connectivity index is 2.18. The number of rotatable bonds is 7. The average Bonchev–Trinajstić information content (AvgIpc) is 3.03. The van der Waals surface area contributed by atoms with Crippen molar-refractivity contribution >= 4 is 10.0 Å². The highest BCUT2D eigenvalue weighted by molar-refractivity contribution is 7.89. The largest absolute Gasteiger partial charge is 0.360 e. The first-order valence-electron chi connectivity index (χ1n) is 6.18. The number of nitrogens with one attached hydrogen (secondary N) is 3. The summed E-state index contributed by atoms with van der Waals surface area (Å²) in [5.74, 6) is 0.447. The fraction of sp³-hybridized carbons (Fsp3) is 0.455. The van der Waals surface area contributed by atoms with Crippen molar-refractivity contribution in [3.8, 4) is 0 Å². The van der Waals surface area contributed by atoms with Crippen molar-refractivity contribution in [2.75, 3.05) is 6.54 Å². The monoisotopic (exact) mass is 299 g/mol. The summed E-state index contributed by atoms with van der Waals surface area (Å²) in [6.45, 7) is 4.78. The third-order valence-corrected chi connectivity index (χ3v) is 4.30. The van der Waals surface area contributed by atoms with E-state index in [1.165, 1.54) is 6.20 Å². The molecule has 0 saturated carbocycles. The Morgan fingerprint density at radius 3 is 2.85 bits per heavy atom. The number of hydrogen-bond acceptors (Lipinski definition) is 6. The lowest BCUT2D eigenvalue weighted by atomic mass is 10.3. The maximum atomic E-state index is 12.3. The Morgan fingerprint density at radius 2 is 2.20 bits per heavy atom. The molecule has 0 saturated heterocycles. The summed E-state index contributed by atoms with van der Waals surface area (Å²) in [5, 5.41) is 13.3. The van der Waals surface area contributed by atoms with E-state index in [2.05, 4.69) is 25.4 Å². The molecule has 0 aromatic carbocycles. The molecule has 20 heavy (non-hydrogen) atoms. The molecule has 2 rings (SSSR count). The first-order valence-corrected chi connectivity index (χ1v) is 7.66. The van der Waals surface area contributed by atoms with Gasteiger partial charge in [-0.25, -0.2) is 13.1 Å². The zero-order valence-corrected chi connectivity index (χ0v) is 12.1. The van der Waals surface area contributed by atoms with Crippen LogP contribution in [0.25, 0.3) is 0 Å². The molecule has 3 N–H and O–H groups in total. The Kier molecular flexibility index (Phi) is 4.53. The van der Waals surface area contributed by atoms with Gasteiger partial charge in [-0.15, -0.1) is 0 Å². The van der Waals surface area contributed by atoms with Gasteiger partial charge in [0.1, 0.15) is 4.90 Å². The second kappa shape index (κ2) is 6.16. The van der Waals surface area contributed by atoms with Crippen LogP contribution in [-0.4, -0.2) is 30.3 Å². The number of sulfonamides is 1. The molecule has 9 heteroatoms. The van der Waals surface area contributed by atoms with E-state index in [0.29, 0.717) is 23.7 Å². The molecule has 0 bridgehead atoms. The molecule has 0 aliphatic heterocycles. The second-order valence-electron chi connectivity index (χ2n) is 4.21. The minimum atomic E-state index is -3.66. The van der Waals surface area contributed by atoms with E-state index >= 15 is 0 Å². The van der Waals surface area contributed by atoms with Crippen LogP contribution in [0.4, 0.5) is 0 Å². The molecule has 0 aliphatic rings. The molecule has 0 fully saturated rings. The van der Waals surface area contributed by atoms with E-state index in [0.717, 1.165) is 6.54 Å². The number of nitrogens with zero attached hydrogens (tertiary/aromatic N) is 2. The van der Waals surface area contributed by atoms with Crippen LogP contribution in [-0.2, 0) is 23.1 Å². The third-order valence-electron chi connectivity index (χ3n) is 2.70. The fourth-order valence-corrected chi connectivity index (χ4v) is 3.11. The van der Waals surface area contributed by atoms with Gasteiger partial charge in [-0.1, -0.05) is 12.1 Å². The molecule has 8 nitrogen and oxygen atoms in total. The molecule has 110 valence electrons. The lowest BCUT2D eigenvalue weighted by Crippen LogP contribution is -2.25. The lowest BCUT2D eigenvalue weighted by Gasteiger charge is -2.07. The third kappa shape index (κ3) is 3.24. The van der Waals surface area contributed by atoms with Crippen LogP contribution >= 0.6 is 0 Å². The van der Waals surface area contributed by atoms with Crippen molar-refractivity contribution in [1.82, 2.24) is 25.4 Å². The van der Waals surface area contributed by atoms with Crippen LogP contribution in [0.15, 0.2) is 21.7 Å². The van der Waals surface area contributed by atoms with Crippen LogP contribution in [0, 0.1) is 6.92 Å². The highest BCUT2D eigenvalue weighted by atomic mass is 32.2. The molecular weight excluding hydrogens is 282 g/mol. The second-order valence-corrected chi connectivity index (χ2v) is 5.91. The predicted octanol–water partition coefficient (Wildman–Crippen LogP) is 0.294. The van der Waals surface area contributed by atoms with Gasteiger partial charge in [0, 0.05) is 12.6 Å².